The Morgan fingerprint density at radius 2 is 1.92 bits per heavy atom. The highest BCUT2D eigenvalue weighted by molar-refractivity contribution is 9.10. The zero-order chi connectivity index (χ0) is 18.4. The molecule has 0 aliphatic rings. The number of nitrogens with zero attached hydrogens (tertiary/aromatic N) is 1. The number of pyridine rings is 1. The molecular weight excluding hydrogens is 392 g/mol. The minimum absolute atomic E-state index is 0.187. The maximum Gasteiger partial charge on any atom is 0.255 e. The normalized spacial score (nSPS) is 11.6. The summed E-state index contributed by atoms with van der Waals surface area (Å²) in [7, 11) is 0. The summed E-state index contributed by atoms with van der Waals surface area (Å²) in [6.07, 6.45) is 1.72. The molecule has 0 radical (unpaired) electrons. The number of para-hydroxylation sites is 1. The van der Waals surface area contributed by atoms with Crippen LogP contribution >= 0.6 is 15.9 Å². The first kappa shape index (κ1) is 18.1. The van der Waals surface area contributed by atoms with Crippen LogP contribution in [0.15, 0.2) is 77.4 Å². The van der Waals surface area contributed by atoms with Gasteiger partial charge in [0.2, 0.25) is 0 Å². The van der Waals surface area contributed by atoms with E-state index in [0.717, 1.165) is 15.7 Å². The number of carbonyl (C=O) groups excluding carboxylic acids is 1. The van der Waals surface area contributed by atoms with Gasteiger partial charge in [-0.1, -0.05) is 46.3 Å². The number of rotatable bonds is 6. The van der Waals surface area contributed by atoms with Crippen LogP contribution in [0.4, 0.5) is 0 Å². The number of hydrogen-bond donors (Lipinski definition) is 1. The van der Waals surface area contributed by atoms with Crippen LogP contribution in [0.25, 0.3) is 0 Å². The lowest BCUT2D eigenvalue weighted by Crippen LogP contribution is -2.27. The third-order valence-electron chi connectivity index (χ3n) is 3.89. The Morgan fingerprint density at radius 1 is 1.12 bits per heavy atom. The molecule has 1 amide bonds. The van der Waals surface area contributed by atoms with E-state index in [1.54, 1.807) is 18.3 Å². The van der Waals surface area contributed by atoms with E-state index in [9.17, 15) is 4.79 Å². The summed E-state index contributed by atoms with van der Waals surface area (Å²) in [5.41, 5.74) is 2.34. The van der Waals surface area contributed by atoms with E-state index < -0.39 is 0 Å². The molecule has 2 aromatic carbocycles. The Bertz CT molecular complexity index is 884. The van der Waals surface area contributed by atoms with Crippen molar-refractivity contribution in [3.05, 3.63) is 94.2 Å². The maximum absolute atomic E-state index is 12.7. The van der Waals surface area contributed by atoms with Gasteiger partial charge in [0.05, 0.1) is 17.3 Å². The molecule has 0 fully saturated rings. The van der Waals surface area contributed by atoms with Crippen molar-refractivity contribution >= 4 is 21.8 Å². The van der Waals surface area contributed by atoms with Crippen LogP contribution in [0.2, 0.25) is 0 Å². The lowest BCUT2D eigenvalue weighted by atomic mass is 10.1. The summed E-state index contributed by atoms with van der Waals surface area (Å²) < 4.78 is 6.88. The van der Waals surface area contributed by atoms with Crippen molar-refractivity contribution in [2.24, 2.45) is 0 Å². The molecule has 0 saturated heterocycles. The average molecular weight is 411 g/mol. The molecule has 1 aromatic heterocycles. The van der Waals surface area contributed by atoms with Crippen LogP contribution in [-0.4, -0.2) is 10.9 Å². The predicted octanol–water partition coefficient (Wildman–Crippen LogP) is 4.91. The van der Waals surface area contributed by atoms with Crippen LogP contribution in [0.3, 0.4) is 0 Å². The fraction of sp³-hybridized carbons (Fsp3) is 0.143. The molecule has 3 aromatic rings. The van der Waals surface area contributed by atoms with Crippen molar-refractivity contribution in [3.63, 3.8) is 0 Å². The maximum atomic E-state index is 12.7. The number of carbonyl (C=O) groups is 1. The van der Waals surface area contributed by atoms with Gasteiger partial charge in [-0.15, -0.1) is 0 Å². The predicted molar refractivity (Wildman–Crippen MR) is 105 cm³/mol. The van der Waals surface area contributed by atoms with Gasteiger partial charge in [0.25, 0.3) is 5.91 Å². The van der Waals surface area contributed by atoms with Crippen molar-refractivity contribution in [3.8, 4) is 5.75 Å². The zero-order valence-corrected chi connectivity index (χ0v) is 15.9. The van der Waals surface area contributed by atoms with Gasteiger partial charge in [0, 0.05) is 10.7 Å². The molecule has 1 N–H and O–H groups in total. The largest absolute Gasteiger partial charge is 0.488 e. The minimum Gasteiger partial charge on any atom is -0.488 e. The van der Waals surface area contributed by atoms with Gasteiger partial charge in [-0.05, 0) is 48.9 Å². The van der Waals surface area contributed by atoms with E-state index in [-0.39, 0.29) is 11.9 Å². The molecular formula is C21H19BrN2O2. The molecule has 132 valence electrons. The van der Waals surface area contributed by atoms with E-state index in [1.807, 2.05) is 61.5 Å². The first-order valence-electron chi connectivity index (χ1n) is 8.31. The number of benzene rings is 2. The summed E-state index contributed by atoms with van der Waals surface area (Å²) >= 11 is 3.45. The topological polar surface area (TPSA) is 51.2 Å². The highest BCUT2D eigenvalue weighted by atomic mass is 79.9. The number of halogens is 1. The second kappa shape index (κ2) is 8.63. The lowest BCUT2D eigenvalue weighted by Gasteiger charge is -2.16. The SMILES string of the molecule is CC(NC(=O)c1ccccc1OCc1cccc(Br)c1)c1ccccn1. The second-order valence-electron chi connectivity index (χ2n) is 5.86. The first-order valence-corrected chi connectivity index (χ1v) is 9.11. The van der Waals surface area contributed by atoms with E-state index in [1.165, 1.54) is 0 Å². The third-order valence-corrected chi connectivity index (χ3v) is 4.39. The molecule has 1 heterocycles. The van der Waals surface area contributed by atoms with Crippen LogP contribution < -0.4 is 10.1 Å². The number of nitrogens with one attached hydrogen (secondary N) is 1. The van der Waals surface area contributed by atoms with Gasteiger partial charge < -0.3 is 10.1 Å². The van der Waals surface area contributed by atoms with E-state index >= 15 is 0 Å². The summed E-state index contributed by atoms with van der Waals surface area (Å²) in [4.78, 5) is 17.0. The Kier molecular flexibility index (Phi) is 6.02. The second-order valence-corrected chi connectivity index (χ2v) is 6.78. The van der Waals surface area contributed by atoms with Gasteiger partial charge in [-0.3, -0.25) is 9.78 Å². The Hall–Kier alpha value is -2.66. The quantitative estimate of drug-likeness (QED) is 0.627. The molecule has 0 bridgehead atoms. The van der Waals surface area contributed by atoms with E-state index in [2.05, 4.69) is 26.2 Å². The van der Waals surface area contributed by atoms with E-state index in [4.69, 9.17) is 4.74 Å². The highest BCUT2D eigenvalue weighted by Crippen LogP contribution is 2.21. The monoisotopic (exact) mass is 410 g/mol. The van der Waals surface area contributed by atoms with Crippen molar-refractivity contribution in [1.82, 2.24) is 10.3 Å². The Balaban J connectivity index is 1.71. The molecule has 3 rings (SSSR count). The molecule has 4 nitrogen and oxygen atoms in total. The van der Waals surface area contributed by atoms with Gasteiger partial charge in [0.1, 0.15) is 12.4 Å². The number of hydrogen-bond acceptors (Lipinski definition) is 3. The molecule has 0 aliphatic carbocycles. The third kappa shape index (κ3) is 4.70. The van der Waals surface area contributed by atoms with Crippen molar-refractivity contribution in [2.45, 2.75) is 19.6 Å². The van der Waals surface area contributed by atoms with Gasteiger partial charge in [-0.25, -0.2) is 0 Å². The van der Waals surface area contributed by atoms with Gasteiger partial charge >= 0.3 is 0 Å². The summed E-state index contributed by atoms with van der Waals surface area (Å²) in [6.45, 7) is 2.30. The van der Waals surface area contributed by atoms with Crippen LogP contribution in [0.5, 0.6) is 5.75 Å². The summed E-state index contributed by atoms with van der Waals surface area (Å²) in [6, 6.07) is 20.6. The molecule has 1 atom stereocenters. The van der Waals surface area contributed by atoms with Crippen LogP contribution in [-0.2, 0) is 6.61 Å². The van der Waals surface area contributed by atoms with Crippen LogP contribution in [0.1, 0.15) is 34.6 Å². The molecule has 26 heavy (non-hydrogen) atoms. The summed E-state index contributed by atoms with van der Waals surface area (Å²) in [5, 5.41) is 2.97. The molecule has 0 spiro atoms. The number of ether oxygens (including phenoxy) is 1. The molecule has 1 unspecified atom stereocenters. The molecule has 5 heteroatoms. The standard InChI is InChI=1S/C21H19BrN2O2/c1-15(19-10-4-5-12-23-19)24-21(25)18-9-2-3-11-20(18)26-14-16-7-6-8-17(22)13-16/h2-13,15H,14H2,1H3,(H,24,25). The number of aromatic nitrogens is 1. The van der Waals surface area contributed by atoms with Crippen molar-refractivity contribution in [1.29, 1.82) is 0 Å². The molecule has 0 saturated carbocycles. The lowest BCUT2D eigenvalue weighted by molar-refractivity contribution is 0.0934. The van der Waals surface area contributed by atoms with Gasteiger partial charge in [0.15, 0.2) is 0 Å². The smallest absolute Gasteiger partial charge is 0.255 e. The van der Waals surface area contributed by atoms with Gasteiger partial charge in [-0.2, -0.15) is 0 Å². The Labute approximate surface area is 161 Å². The summed E-state index contributed by atoms with van der Waals surface area (Å²) in [5.74, 6) is 0.367. The zero-order valence-electron chi connectivity index (χ0n) is 14.4. The van der Waals surface area contributed by atoms with Crippen LogP contribution in [0, 0.1) is 0 Å². The fourth-order valence-electron chi connectivity index (χ4n) is 2.55. The minimum atomic E-state index is -0.193. The van der Waals surface area contributed by atoms with E-state index in [0.29, 0.717) is 17.9 Å². The number of amides is 1. The molecule has 0 aliphatic heterocycles. The highest BCUT2D eigenvalue weighted by Gasteiger charge is 2.16. The first-order chi connectivity index (χ1) is 12.6. The van der Waals surface area contributed by atoms with Crippen molar-refractivity contribution < 1.29 is 9.53 Å². The van der Waals surface area contributed by atoms with Crippen molar-refractivity contribution in [2.75, 3.05) is 0 Å². The average Bonchev–Trinajstić information content (AvgIpc) is 2.67. The fourth-order valence-corrected chi connectivity index (χ4v) is 3.00. The Morgan fingerprint density at radius 3 is 2.69 bits per heavy atom.